The highest BCUT2D eigenvalue weighted by Gasteiger charge is 2.20. The second-order valence-corrected chi connectivity index (χ2v) is 6.73. The Hall–Kier alpha value is 0.410. The number of thiophene rings is 1. The molecule has 2 nitrogen and oxygen atoms in total. The summed E-state index contributed by atoms with van der Waals surface area (Å²) in [5, 5.41) is 13.9. The molecule has 2 aromatic rings. The number of hydrogen-bond acceptors (Lipinski definition) is 3. The lowest BCUT2D eigenvalue weighted by Gasteiger charge is -2.16. The first kappa shape index (κ1) is 16.5. The summed E-state index contributed by atoms with van der Waals surface area (Å²) in [6.45, 7) is 0. The van der Waals surface area contributed by atoms with Crippen molar-refractivity contribution in [1.29, 1.82) is 0 Å². The Balaban J connectivity index is 0.00000162. The van der Waals surface area contributed by atoms with Crippen molar-refractivity contribution in [2.75, 3.05) is 0 Å². The van der Waals surface area contributed by atoms with E-state index in [1.807, 2.05) is 16.8 Å². The van der Waals surface area contributed by atoms with Crippen LogP contribution >= 0.6 is 71.5 Å². The topological polar surface area (TPSA) is 46.2 Å². The highest BCUT2D eigenvalue weighted by Crippen LogP contribution is 2.43. The Kier molecular flexibility index (Phi) is 6.15. The lowest BCUT2D eigenvalue weighted by Crippen LogP contribution is -2.12. The number of phenols is 1. The van der Waals surface area contributed by atoms with Gasteiger partial charge in [0.15, 0.2) is 0 Å². The van der Waals surface area contributed by atoms with Crippen LogP contribution in [-0.4, -0.2) is 5.11 Å². The van der Waals surface area contributed by atoms with Crippen molar-refractivity contribution in [2.24, 2.45) is 5.73 Å². The highest BCUT2D eigenvalue weighted by molar-refractivity contribution is 9.11. The number of phenolic OH excluding ortho intramolecular Hbond substituents is 1. The predicted molar refractivity (Wildman–Crippen MR) is 88.8 cm³/mol. The first-order valence-corrected chi connectivity index (χ1v) is 7.98. The molecule has 0 amide bonds. The molecule has 3 N–H and O–H groups in total. The van der Waals surface area contributed by atoms with Gasteiger partial charge in [-0.1, -0.05) is 15.9 Å². The fraction of sp³-hybridized carbons (Fsp3) is 0.0909. The second-order valence-electron chi connectivity index (χ2n) is 3.45. The quantitative estimate of drug-likeness (QED) is 0.623. The van der Waals surface area contributed by atoms with E-state index in [1.54, 1.807) is 17.4 Å². The average molecular weight is 478 g/mol. The van der Waals surface area contributed by atoms with Gasteiger partial charge in [0.25, 0.3) is 0 Å². The minimum Gasteiger partial charge on any atom is -0.506 e. The van der Waals surface area contributed by atoms with Gasteiger partial charge in [-0.05, 0) is 60.3 Å². The van der Waals surface area contributed by atoms with Crippen LogP contribution in [0.25, 0.3) is 0 Å². The number of hydrogen-bond donors (Lipinski definition) is 2. The molecule has 0 radical (unpaired) electrons. The molecule has 0 unspecified atom stereocenters. The van der Waals surface area contributed by atoms with E-state index in [4.69, 9.17) is 5.73 Å². The third-order valence-corrected chi connectivity index (χ3v) is 5.16. The zero-order valence-corrected chi connectivity index (χ0v) is 15.3. The summed E-state index contributed by atoms with van der Waals surface area (Å²) in [6, 6.07) is 3.50. The van der Waals surface area contributed by atoms with Gasteiger partial charge in [-0.3, -0.25) is 0 Å². The van der Waals surface area contributed by atoms with Gasteiger partial charge >= 0.3 is 0 Å². The normalized spacial score (nSPS) is 12.0. The number of nitrogens with two attached hydrogens (primary N) is 1. The average Bonchev–Trinajstić information content (AvgIpc) is 2.79. The molecule has 7 heteroatoms. The van der Waals surface area contributed by atoms with Crippen LogP contribution in [0.5, 0.6) is 5.75 Å². The van der Waals surface area contributed by atoms with Crippen molar-refractivity contribution in [3.63, 3.8) is 0 Å². The zero-order chi connectivity index (χ0) is 12.6. The number of aromatic hydroxyl groups is 1. The summed E-state index contributed by atoms with van der Waals surface area (Å²) in [5.41, 5.74) is 8.06. The minimum absolute atomic E-state index is 0. The second kappa shape index (κ2) is 6.72. The van der Waals surface area contributed by atoms with Gasteiger partial charge in [0.1, 0.15) is 5.75 Å². The van der Waals surface area contributed by atoms with Crippen LogP contribution in [0.3, 0.4) is 0 Å². The minimum atomic E-state index is -0.274. The highest BCUT2D eigenvalue weighted by atomic mass is 79.9. The molecule has 98 valence electrons. The Morgan fingerprint density at radius 1 is 1.22 bits per heavy atom. The lowest BCUT2D eigenvalue weighted by molar-refractivity contribution is 0.467. The molecule has 0 aliphatic carbocycles. The van der Waals surface area contributed by atoms with Crippen molar-refractivity contribution in [3.8, 4) is 5.75 Å². The Labute approximate surface area is 140 Å². The number of rotatable bonds is 2. The van der Waals surface area contributed by atoms with Crippen molar-refractivity contribution in [3.05, 3.63) is 47.4 Å². The fourth-order valence-electron chi connectivity index (χ4n) is 1.50. The number of benzene rings is 1. The molecule has 0 bridgehead atoms. The van der Waals surface area contributed by atoms with E-state index in [1.165, 1.54) is 0 Å². The maximum absolute atomic E-state index is 9.89. The van der Waals surface area contributed by atoms with Gasteiger partial charge in [-0.15, -0.1) is 12.4 Å². The molecule has 0 saturated heterocycles. The molecule has 0 saturated carbocycles. The molecule has 0 aliphatic heterocycles. The summed E-state index contributed by atoms with van der Waals surface area (Å²) >= 11 is 11.7. The summed E-state index contributed by atoms with van der Waals surface area (Å²) in [7, 11) is 0. The Morgan fingerprint density at radius 2 is 1.89 bits per heavy atom. The third kappa shape index (κ3) is 3.11. The van der Waals surface area contributed by atoms with E-state index in [-0.39, 0.29) is 24.2 Å². The van der Waals surface area contributed by atoms with E-state index in [0.29, 0.717) is 8.95 Å². The van der Waals surface area contributed by atoms with Crippen LogP contribution in [0, 0.1) is 0 Å². The largest absolute Gasteiger partial charge is 0.506 e. The molecule has 2 rings (SSSR count). The Bertz CT molecular complexity index is 548. The summed E-state index contributed by atoms with van der Waals surface area (Å²) in [5.74, 6) is 0.161. The van der Waals surface area contributed by atoms with Crippen LogP contribution in [-0.2, 0) is 0 Å². The fourth-order valence-corrected chi connectivity index (χ4v) is 4.81. The van der Waals surface area contributed by atoms with Crippen molar-refractivity contribution in [2.45, 2.75) is 6.04 Å². The van der Waals surface area contributed by atoms with Gasteiger partial charge in [0.05, 0.1) is 15.0 Å². The van der Waals surface area contributed by atoms with Gasteiger partial charge in [-0.25, -0.2) is 0 Å². The lowest BCUT2D eigenvalue weighted by atomic mass is 10.0. The van der Waals surface area contributed by atoms with E-state index in [9.17, 15) is 5.11 Å². The molecular formula is C11H9Br3ClNOS. The maximum atomic E-state index is 9.89. The van der Waals surface area contributed by atoms with Crippen LogP contribution in [0.15, 0.2) is 36.3 Å². The SMILES string of the molecule is Cl.N[C@@H](c1ccsc1)c1c(Br)cc(Br)c(O)c1Br. The molecule has 0 aliphatic rings. The molecule has 1 aromatic heterocycles. The molecule has 1 heterocycles. The standard InChI is InChI=1S/C11H8Br3NOS.ClH/c12-6-3-7(13)11(16)9(14)8(6)10(15)5-1-2-17-4-5;/h1-4,10,16H,15H2;1H/t10-;/m0./s1. The van der Waals surface area contributed by atoms with Gasteiger partial charge in [-0.2, -0.15) is 11.3 Å². The summed E-state index contributed by atoms with van der Waals surface area (Å²) < 4.78 is 2.09. The molecule has 1 atom stereocenters. The summed E-state index contributed by atoms with van der Waals surface area (Å²) in [6.07, 6.45) is 0. The van der Waals surface area contributed by atoms with Crippen molar-refractivity contribution < 1.29 is 5.11 Å². The van der Waals surface area contributed by atoms with Crippen LogP contribution in [0.4, 0.5) is 0 Å². The van der Waals surface area contributed by atoms with Crippen LogP contribution < -0.4 is 5.73 Å². The van der Waals surface area contributed by atoms with E-state index in [0.717, 1.165) is 15.6 Å². The third-order valence-electron chi connectivity index (χ3n) is 2.39. The Morgan fingerprint density at radius 3 is 2.44 bits per heavy atom. The van der Waals surface area contributed by atoms with E-state index in [2.05, 4.69) is 47.8 Å². The maximum Gasteiger partial charge on any atom is 0.144 e. The van der Waals surface area contributed by atoms with Crippen molar-refractivity contribution >= 4 is 71.5 Å². The van der Waals surface area contributed by atoms with Gasteiger partial charge < -0.3 is 10.8 Å². The molecular weight excluding hydrogens is 469 g/mol. The summed E-state index contributed by atoms with van der Waals surface area (Å²) in [4.78, 5) is 0. The van der Waals surface area contributed by atoms with Gasteiger partial charge in [0.2, 0.25) is 0 Å². The smallest absolute Gasteiger partial charge is 0.144 e. The van der Waals surface area contributed by atoms with Crippen LogP contribution in [0.2, 0.25) is 0 Å². The van der Waals surface area contributed by atoms with Crippen molar-refractivity contribution in [1.82, 2.24) is 0 Å². The zero-order valence-electron chi connectivity index (χ0n) is 8.86. The predicted octanol–water partition coefficient (Wildman–Crippen LogP) is 5.21. The molecule has 18 heavy (non-hydrogen) atoms. The van der Waals surface area contributed by atoms with Gasteiger partial charge in [0, 0.05) is 10.0 Å². The first-order chi connectivity index (χ1) is 8.02. The number of halogens is 4. The van der Waals surface area contributed by atoms with Crippen LogP contribution in [0.1, 0.15) is 17.2 Å². The molecule has 0 fully saturated rings. The van der Waals surface area contributed by atoms with E-state index >= 15 is 0 Å². The first-order valence-electron chi connectivity index (χ1n) is 4.66. The van der Waals surface area contributed by atoms with E-state index < -0.39 is 0 Å². The molecule has 0 spiro atoms. The monoisotopic (exact) mass is 475 g/mol. The molecule has 1 aromatic carbocycles.